The van der Waals surface area contributed by atoms with Gasteiger partial charge in [-0.2, -0.15) is 0 Å². The fourth-order valence-electron chi connectivity index (χ4n) is 2.88. The van der Waals surface area contributed by atoms with Crippen LogP contribution < -0.4 is 15.8 Å². The fraction of sp³-hybridized carbons (Fsp3) is 0.350. The van der Waals surface area contributed by atoms with Crippen molar-refractivity contribution in [2.24, 2.45) is 0 Å². The number of carbonyl (C=O) groups is 1. The molecule has 1 unspecified atom stereocenters. The van der Waals surface area contributed by atoms with Crippen LogP contribution in [0.25, 0.3) is 0 Å². The minimum absolute atomic E-state index is 0.159. The van der Waals surface area contributed by atoms with Crippen molar-refractivity contribution in [2.45, 2.75) is 32.4 Å². The number of benzene rings is 2. The van der Waals surface area contributed by atoms with E-state index in [-0.39, 0.29) is 12.0 Å². The van der Waals surface area contributed by atoms with Crippen molar-refractivity contribution in [3.05, 3.63) is 59.2 Å². The molecule has 1 aliphatic heterocycles. The molecule has 2 aromatic carbocycles. The van der Waals surface area contributed by atoms with Gasteiger partial charge in [0.2, 0.25) is 0 Å². The van der Waals surface area contributed by atoms with Crippen molar-refractivity contribution < 1.29 is 14.3 Å². The molecule has 0 saturated carbocycles. The molecule has 1 heterocycles. The number of hydrogen-bond acceptors (Lipinski definition) is 4. The molecular weight excluding hydrogens is 316 g/mol. The molecule has 5 nitrogen and oxygen atoms in total. The van der Waals surface area contributed by atoms with E-state index in [1.54, 1.807) is 18.2 Å². The molecule has 132 valence electrons. The minimum atomic E-state index is -0.191. The lowest BCUT2D eigenvalue weighted by atomic mass is 10.1. The monoisotopic (exact) mass is 340 g/mol. The molecule has 0 bridgehead atoms. The highest BCUT2D eigenvalue weighted by Gasteiger charge is 2.17. The summed E-state index contributed by atoms with van der Waals surface area (Å²) in [5.41, 5.74) is 8.86. The van der Waals surface area contributed by atoms with Crippen molar-refractivity contribution in [3.8, 4) is 5.75 Å². The number of nitrogens with two attached hydrogens (primary N) is 1. The van der Waals surface area contributed by atoms with Crippen LogP contribution in [-0.4, -0.2) is 25.2 Å². The van der Waals surface area contributed by atoms with Gasteiger partial charge in [0, 0.05) is 24.4 Å². The molecule has 0 spiro atoms. The van der Waals surface area contributed by atoms with E-state index in [0.717, 1.165) is 36.3 Å². The van der Waals surface area contributed by atoms with Crippen LogP contribution in [0.5, 0.6) is 5.75 Å². The molecule has 1 aliphatic rings. The lowest BCUT2D eigenvalue weighted by molar-refractivity contribution is 0.0675. The zero-order valence-electron chi connectivity index (χ0n) is 14.5. The van der Waals surface area contributed by atoms with Crippen molar-refractivity contribution in [2.75, 3.05) is 18.9 Å². The average molecular weight is 340 g/mol. The molecule has 1 amide bonds. The summed E-state index contributed by atoms with van der Waals surface area (Å²) in [5, 5.41) is 2.91. The Bertz CT molecular complexity index is 739. The standard InChI is InChI=1S/C20H24N2O3/c1-14-8-9-15(19(11-14)25-13-16-5-4-10-24-16)12-22-20(23)17-6-2-3-7-18(17)21/h2-3,6-9,11,16H,4-5,10,12-13,21H2,1H3,(H,22,23). The van der Waals surface area contributed by atoms with Crippen molar-refractivity contribution in [1.29, 1.82) is 0 Å². The number of para-hydroxylation sites is 1. The van der Waals surface area contributed by atoms with E-state index in [9.17, 15) is 4.79 Å². The molecule has 2 aromatic rings. The molecule has 0 radical (unpaired) electrons. The van der Waals surface area contributed by atoms with E-state index in [4.69, 9.17) is 15.2 Å². The Labute approximate surface area is 148 Å². The minimum Gasteiger partial charge on any atom is -0.491 e. The maximum Gasteiger partial charge on any atom is 0.253 e. The summed E-state index contributed by atoms with van der Waals surface area (Å²) in [7, 11) is 0. The number of rotatable bonds is 6. The largest absolute Gasteiger partial charge is 0.491 e. The summed E-state index contributed by atoms with van der Waals surface area (Å²) >= 11 is 0. The van der Waals surface area contributed by atoms with Crippen LogP contribution in [-0.2, 0) is 11.3 Å². The van der Waals surface area contributed by atoms with Crippen LogP contribution in [0.2, 0.25) is 0 Å². The lowest BCUT2D eigenvalue weighted by Gasteiger charge is -2.16. The van der Waals surface area contributed by atoms with Gasteiger partial charge in [0.25, 0.3) is 5.91 Å². The lowest BCUT2D eigenvalue weighted by Crippen LogP contribution is -2.24. The first-order valence-corrected chi connectivity index (χ1v) is 8.60. The second kappa shape index (κ2) is 8.03. The van der Waals surface area contributed by atoms with Crippen LogP contribution in [0.15, 0.2) is 42.5 Å². The van der Waals surface area contributed by atoms with Crippen molar-refractivity contribution in [3.63, 3.8) is 0 Å². The molecule has 25 heavy (non-hydrogen) atoms. The summed E-state index contributed by atoms with van der Waals surface area (Å²) in [6.45, 7) is 3.75. The van der Waals surface area contributed by atoms with Crippen LogP contribution in [0.3, 0.4) is 0 Å². The second-order valence-electron chi connectivity index (χ2n) is 6.33. The predicted octanol–water partition coefficient (Wildman–Crippen LogP) is 3.07. The van der Waals surface area contributed by atoms with Gasteiger partial charge in [-0.25, -0.2) is 0 Å². The number of ether oxygens (including phenoxy) is 2. The summed E-state index contributed by atoms with van der Waals surface area (Å²) in [6.07, 6.45) is 2.28. The van der Waals surface area contributed by atoms with E-state index < -0.39 is 0 Å². The van der Waals surface area contributed by atoms with Gasteiger partial charge in [0.05, 0.1) is 11.7 Å². The second-order valence-corrected chi connectivity index (χ2v) is 6.33. The SMILES string of the molecule is Cc1ccc(CNC(=O)c2ccccc2N)c(OCC2CCCO2)c1. The first-order valence-electron chi connectivity index (χ1n) is 8.60. The van der Waals surface area contributed by atoms with Gasteiger partial charge in [0.1, 0.15) is 12.4 Å². The van der Waals surface area contributed by atoms with E-state index in [2.05, 4.69) is 5.32 Å². The summed E-state index contributed by atoms with van der Waals surface area (Å²) < 4.78 is 11.6. The highest BCUT2D eigenvalue weighted by Crippen LogP contribution is 2.22. The van der Waals surface area contributed by atoms with Gasteiger partial charge in [-0.3, -0.25) is 4.79 Å². The van der Waals surface area contributed by atoms with Crippen LogP contribution in [0.1, 0.15) is 34.3 Å². The molecule has 1 fully saturated rings. The maximum absolute atomic E-state index is 12.3. The Morgan fingerprint density at radius 3 is 2.92 bits per heavy atom. The summed E-state index contributed by atoms with van der Waals surface area (Å²) in [4.78, 5) is 12.3. The van der Waals surface area contributed by atoms with E-state index in [1.165, 1.54) is 0 Å². The van der Waals surface area contributed by atoms with Crippen molar-refractivity contribution in [1.82, 2.24) is 5.32 Å². The number of anilines is 1. The normalized spacial score (nSPS) is 16.6. The fourth-order valence-corrected chi connectivity index (χ4v) is 2.88. The zero-order chi connectivity index (χ0) is 17.6. The molecular formula is C20H24N2O3. The quantitative estimate of drug-likeness (QED) is 0.793. The number of amides is 1. The van der Waals surface area contributed by atoms with Gasteiger partial charge in [0.15, 0.2) is 0 Å². The Balaban J connectivity index is 1.65. The third-order valence-electron chi connectivity index (χ3n) is 4.32. The van der Waals surface area contributed by atoms with E-state index in [0.29, 0.717) is 24.4 Å². The molecule has 0 aliphatic carbocycles. The third-order valence-corrected chi connectivity index (χ3v) is 4.32. The number of nitrogen functional groups attached to an aromatic ring is 1. The Hall–Kier alpha value is -2.53. The maximum atomic E-state index is 12.3. The number of aryl methyl sites for hydroxylation is 1. The Morgan fingerprint density at radius 1 is 1.32 bits per heavy atom. The van der Waals surface area contributed by atoms with E-state index >= 15 is 0 Å². The van der Waals surface area contributed by atoms with E-state index in [1.807, 2.05) is 31.2 Å². The van der Waals surface area contributed by atoms with Gasteiger partial charge < -0.3 is 20.5 Å². The Kier molecular flexibility index (Phi) is 5.56. The topological polar surface area (TPSA) is 73.6 Å². The van der Waals surface area contributed by atoms with Gasteiger partial charge in [-0.1, -0.05) is 24.3 Å². The smallest absolute Gasteiger partial charge is 0.253 e. The summed E-state index contributed by atoms with van der Waals surface area (Å²) in [5.74, 6) is 0.598. The van der Waals surface area contributed by atoms with Crippen molar-refractivity contribution >= 4 is 11.6 Å². The number of carbonyl (C=O) groups excluding carboxylic acids is 1. The van der Waals surface area contributed by atoms with Crippen LogP contribution in [0, 0.1) is 6.92 Å². The molecule has 5 heteroatoms. The zero-order valence-corrected chi connectivity index (χ0v) is 14.5. The first-order chi connectivity index (χ1) is 12.1. The third kappa shape index (κ3) is 4.51. The Morgan fingerprint density at radius 2 is 2.16 bits per heavy atom. The molecule has 0 aromatic heterocycles. The molecule has 1 atom stereocenters. The first kappa shape index (κ1) is 17.3. The predicted molar refractivity (Wildman–Crippen MR) is 97.7 cm³/mol. The van der Waals surface area contributed by atoms with Crippen LogP contribution in [0.4, 0.5) is 5.69 Å². The van der Waals surface area contributed by atoms with Gasteiger partial charge in [-0.15, -0.1) is 0 Å². The summed E-state index contributed by atoms with van der Waals surface area (Å²) in [6, 6.07) is 13.0. The van der Waals surface area contributed by atoms with Crippen LogP contribution >= 0.6 is 0 Å². The highest BCUT2D eigenvalue weighted by molar-refractivity contribution is 5.99. The van der Waals surface area contributed by atoms with Gasteiger partial charge >= 0.3 is 0 Å². The van der Waals surface area contributed by atoms with Gasteiger partial charge in [-0.05, 0) is 43.5 Å². The number of hydrogen-bond donors (Lipinski definition) is 2. The highest BCUT2D eigenvalue weighted by atomic mass is 16.5. The molecule has 3 rings (SSSR count). The number of nitrogens with one attached hydrogen (secondary N) is 1. The average Bonchev–Trinajstić information content (AvgIpc) is 3.13. The molecule has 3 N–H and O–H groups in total. The molecule has 1 saturated heterocycles.